The molecule has 204 valence electrons. The maximum atomic E-state index is 13.8. The summed E-state index contributed by atoms with van der Waals surface area (Å²) in [7, 11) is 1.56. The van der Waals surface area contributed by atoms with Crippen molar-refractivity contribution in [1.29, 1.82) is 0 Å². The maximum Gasteiger partial charge on any atom is 0.586 e. The van der Waals surface area contributed by atoms with E-state index in [0.29, 0.717) is 34.3 Å². The van der Waals surface area contributed by atoms with Crippen molar-refractivity contribution < 1.29 is 37.3 Å². The third-order valence-electron chi connectivity index (χ3n) is 7.43. The summed E-state index contributed by atoms with van der Waals surface area (Å²) in [5.74, 6) is -1.97. The number of cyclic esters (lactones) is 1. The number of anilines is 1. The molecule has 0 aliphatic carbocycles. The van der Waals surface area contributed by atoms with Gasteiger partial charge in [-0.2, -0.15) is 0 Å². The number of aryl methyl sites for hydroxylation is 1. The van der Waals surface area contributed by atoms with Crippen LogP contribution in [0.4, 0.5) is 14.5 Å². The largest absolute Gasteiger partial charge is 0.586 e. The minimum Gasteiger partial charge on any atom is -0.457 e. The van der Waals surface area contributed by atoms with Crippen molar-refractivity contribution in [2.45, 2.75) is 51.7 Å². The molecule has 0 bridgehead atoms. The Morgan fingerprint density at radius 2 is 2.00 bits per heavy atom. The molecule has 3 N–H and O–H groups in total. The van der Waals surface area contributed by atoms with Crippen LogP contribution in [0.5, 0.6) is 11.5 Å². The molecule has 3 aliphatic heterocycles. The van der Waals surface area contributed by atoms with Gasteiger partial charge < -0.3 is 34.6 Å². The number of nitrogen functional groups attached to an aromatic ring is 1. The molecule has 39 heavy (non-hydrogen) atoms. The predicted octanol–water partition coefficient (Wildman–Crippen LogP) is 2.32. The molecule has 13 heteroatoms. The molecule has 2 aromatic heterocycles. The Hall–Kier alpha value is -4.26. The fourth-order valence-electron chi connectivity index (χ4n) is 5.70. The number of rotatable bonds is 5. The number of ether oxygens (including phenoxy) is 4. The first kappa shape index (κ1) is 25.0. The Labute approximate surface area is 219 Å². The first-order valence-electron chi connectivity index (χ1n) is 12.4. The Bertz CT molecular complexity index is 1670. The lowest BCUT2D eigenvalue weighted by Gasteiger charge is -2.35. The van der Waals surface area contributed by atoms with Crippen LogP contribution in [-0.4, -0.2) is 41.4 Å². The molecular formula is C26H24F2N4O7. The van der Waals surface area contributed by atoms with Crippen LogP contribution in [0.3, 0.4) is 0 Å². The van der Waals surface area contributed by atoms with Crippen molar-refractivity contribution in [3.05, 3.63) is 44.7 Å². The maximum absolute atomic E-state index is 13.8. The Balaban J connectivity index is 1.59. The Morgan fingerprint density at radius 1 is 1.23 bits per heavy atom. The van der Waals surface area contributed by atoms with Gasteiger partial charge in [-0.1, -0.05) is 13.8 Å². The van der Waals surface area contributed by atoms with Gasteiger partial charge in [0.25, 0.3) is 5.56 Å². The molecule has 0 saturated carbocycles. The average molecular weight is 542 g/mol. The molecule has 0 radical (unpaired) electrons. The van der Waals surface area contributed by atoms with Crippen LogP contribution in [0.1, 0.15) is 42.5 Å². The van der Waals surface area contributed by atoms with E-state index in [1.165, 1.54) is 10.6 Å². The Morgan fingerprint density at radius 3 is 2.69 bits per heavy atom. The van der Waals surface area contributed by atoms with E-state index in [-0.39, 0.29) is 59.9 Å². The second-order valence-corrected chi connectivity index (χ2v) is 9.52. The van der Waals surface area contributed by atoms with Crippen LogP contribution in [0, 0.1) is 0 Å². The van der Waals surface area contributed by atoms with Gasteiger partial charge in [0.2, 0.25) is 5.60 Å². The second-order valence-electron chi connectivity index (χ2n) is 9.52. The molecule has 3 aliphatic rings. The molecular weight excluding hydrogens is 518 g/mol. The third kappa shape index (κ3) is 3.42. The van der Waals surface area contributed by atoms with E-state index in [1.807, 2.05) is 6.92 Å². The molecule has 1 atom stereocenters. The van der Waals surface area contributed by atoms with Gasteiger partial charge in [-0.15, -0.1) is 8.78 Å². The van der Waals surface area contributed by atoms with E-state index < -0.39 is 29.4 Å². The lowest BCUT2D eigenvalue weighted by Crippen LogP contribution is -2.48. The third-order valence-corrected chi connectivity index (χ3v) is 7.43. The molecule has 0 fully saturated rings. The van der Waals surface area contributed by atoms with Crippen molar-refractivity contribution >= 4 is 28.5 Å². The minimum absolute atomic E-state index is 0.0314. The number of nitrogens with zero attached hydrogens (tertiary/aromatic N) is 2. The zero-order valence-electron chi connectivity index (χ0n) is 21.3. The van der Waals surface area contributed by atoms with Gasteiger partial charge in [-0.05, 0) is 31.5 Å². The van der Waals surface area contributed by atoms with Crippen LogP contribution in [-0.2, 0) is 44.2 Å². The number of fused-ring (bicyclic) bond motifs is 6. The number of pyridine rings is 2. The molecule has 11 nitrogen and oxygen atoms in total. The van der Waals surface area contributed by atoms with Crippen LogP contribution < -0.4 is 26.1 Å². The van der Waals surface area contributed by atoms with Gasteiger partial charge in [0.1, 0.15) is 6.61 Å². The number of alkyl halides is 2. The summed E-state index contributed by atoms with van der Waals surface area (Å²) >= 11 is 0. The molecule has 1 unspecified atom stereocenters. The van der Waals surface area contributed by atoms with Crippen molar-refractivity contribution in [1.82, 2.24) is 14.9 Å². The number of likely N-dealkylation sites (N-methyl/N-ethyl adjacent to an activating group) is 1. The quantitative estimate of drug-likeness (QED) is 0.285. The van der Waals surface area contributed by atoms with Crippen LogP contribution in [0.15, 0.2) is 16.9 Å². The normalized spacial score (nSPS) is 19.9. The fraction of sp³-hybridized carbons (Fsp3) is 0.385. The van der Waals surface area contributed by atoms with Gasteiger partial charge in [0.05, 0.1) is 41.2 Å². The molecule has 0 amide bonds. The van der Waals surface area contributed by atoms with E-state index in [2.05, 4.69) is 14.8 Å². The van der Waals surface area contributed by atoms with Gasteiger partial charge in [0.15, 0.2) is 11.5 Å². The molecule has 6 rings (SSSR count). The number of aromatic nitrogens is 2. The number of nitrogens with two attached hydrogens (primary N) is 1. The average Bonchev–Trinajstić information content (AvgIpc) is 3.41. The zero-order valence-corrected chi connectivity index (χ0v) is 21.3. The van der Waals surface area contributed by atoms with Crippen LogP contribution in [0.25, 0.3) is 22.3 Å². The zero-order chi connectivity index (χ0) is 27.9. The van der Waals surface area contributed by atoms with Crippen molar-refractivity contribution in [2.24, 2.45) is 0 Å². The summed E-state index contributed by atoms with van der Waals surface area (Å²) in [6, 6.07) is 2.95. The summed E-state index contributed by atoms with van der Waals surface area (Å²) in [5.41, 5.74) is 6.96. The minimum atomic E-state index is -3.86. The number of nitrogens with one attached hydrogen (secondary N) is 1. The number of hydrogen-bond donors (Lipinski definition) is 2. The van der Waals surface area contributed by atoms with Gasteiger partial charge in [-0.25, -0.2) is 9.78 Å². The van der Waals surface area contributed by atoms with E-state index in [0.717, 1.165) is 0 Å². The predicted molar refractivity (Wildman–Crippen MR) is 132 cm³/mol. The molecule has 0 spiro atoms. The summed E-state index contributed by atoms with van der Waals surface area (Å²) in [4.78, 5) is 44.0. The monoisotopic (exact) mass is 542 g/mol. The number of carbonyl (C=O) groups excluding carboxylic acids is 2. The van der Waals surface area contributed by atoms with Crippen LogP contribution in [0.2, 0.25) is 0 Å². The second kappa shape index (κ2) is 8.37. The van der Waals surface area contributed by atoms with E-state index in [4.69, 9.17) is 20.2 Å². The first-order valence-corrected chi connectivity index (χ1v) is 12.4. The van der Waals surface area contributed by atoms with Crippen molar-refractivity contribution in [3.8, 4) is 22.9 Å². The summed E-state index contributed by atoms with van der Waals surface area (Å²) in [6.45, 7) is 3.25. The number of hydrogen-bond acceptors (Lipinski definition) is 10. The van der Waals surface area contributed by atoms with Gasteiger partial charge in [0, 0.05) is 22.6 Å². The summed E-state index contributed by atoms with van der Waals surface area (Å²) in [5, 5.41) is 3.12. The highest BCUT2D eigenvalue weighted by Crippen LogP contribution is 2.50. The summed E-state index contributed by atoms with van der Waals surface area (Å²) < 4.78 is 49.4. The highest BCUT2D eigenvalue weighted by atomic mass is 19.3. The molecule has 1 aromatic carbocycles. The topological polar surface area (TPSA) is 144 Å². The number of carbonyl (C=O) groups is 2. The molecule has 5 heterocycles. The first-order chi connectivity index (χ1) is 18.5. The van der Waals surface area contributed by atoms with E-state index in [1.54, 1.807) is 20.0 Å². The summed E-state index contributed by atoms with van der Waals surface area (Å²) in [6.07, 6.45) is -3.37. The lowest BCUT2D eigenvalue weighted by atomic mass is 9.85. The van der Waals surface area contributed by atoms with Crippen molar-refractivity contribution in [3.63, 3.8) is 0 Å². The molecule has 0 saturated heterocycles. The van der Waals surface area contributed by atoms with Crippen LogP contribution >= 0.6 is 0 Å². The standard InChI is InChI=1S/C26H24F2N4O7/c1-4-11-12-9-32-16(21(12)31-15-7-17-22(20(29)19(11)15)39-26(27,28)37-17)6-14-13(23(32)34)10-36-24(35)25(14,5-2)38-18(33)8-30-3/h6-7,30H,4-5,8-10,29H2,1-3H3. The number of benzene rings is 1. The lowest BCUT2D eigenvalue weighted by molar-refractivity contribution is -0.286. The Kier molecular flexibility index (Phi) is 5.37. The number of esters is 2. The van der Waals surface area contributed by atoms with E-state index >= 15 is 0 Å². The number of halogens is 2. The SMILES string of the molecule is CCc1c2c(nc3cc4c(c(N)c13)OC(F)(F)O4)-c1cc3c(c(=O)n1C2)COC(=O)C3(CC)OC(=O)CNC. The van der Waals surface area contributed by atoms with E-state index in [9.17, 15) is 23.2 Å². The van der Waals surface area contributed by atoms with Crippen molar-refractivity contribution in [2.75, 3.05) is 19.3 Å². The highest BCUT2D eigenvalue weighted by molar-refractivity contribution is 6.01. The highest BCUT2D eigenvalue weighted by Gasteiger charge is 2.50. The van der Waals surface area contributed by atoms with Gasteiger partial charge >= 0.3 is 18.2 Å². The smallest absolute Gasteiger partial charge is 0.457 e. The van der Waals surface area contributed by atoms with Gasteiger partial charge in [-0.3, -0.25) is 9.59 Å². The fourth-order valence-corrected chi connectivity index (χ4v) is 5.70. The molecule has 3 aromatic rings.